The Hall–Kier alpha value is -3.11. The summed E-state index contributed by atoms with van der Waals surface area (Å²) in [5, 5.41) is 10.1. The summed E-state index contributed by atoms with van der Waals surface area (Å²) in [5.74, 6) is -0.947. The standard InChI is InChI=1S/C23H22ClFN2O4/c1-30-22(29)19-12-17(24)4-7-20(19)31-14-21(28)27-10-8-23(15-26,9-11-27)13-16-2-5-18(25)6-3-16/h2-7,12H,8-11,13-14H2,1H3. The van der Waals surface area contributed by atoms with Gasteiger partial charge in [-0.1, -0.05) is 23.7 Å². The summed E-state index contributed by atoms with van der Waals surface area (Å²) < 4.78 is 23.4. The number of halogens is 2. The van der Waals surface area contributed by atoms with Gasteiger partial charge in [-0.2, -0.15) is 5.26 Å². The highest BCUT2D eigenvalue weighted by molar-refractivity contribution is 6.31. The average Bonchev–Trinajstić information content (AvgIpc) is 2.79. The summed E-state index contributed by atoms with van der Waals surface area (Å²) in [5.41, 5.74) is 0.442. The summed E-state index contributed by atoms with van der Waals surface area (Å²) in [6, 6.07) is 13.0. The van der Waals surface area contributed by atoms with Crippen LogP contribution < -0.4 is 4.74 Å². The summed E-state index contributed by atoms with van der Waals surface area (Å²) in [6.07, 6.45) is 1.54. The molecule has 0 unspecified atom stereocenters. The number of nitriles is 1. The molecule has 1 saturated heterocycles. The molecule has 1 aliphatic heterocycles. The van der Waals surface area contributed by atoms with Crippen LogP contribution in [0.5, 0.6) is 5.75 Å². The van der Waals surface area contributed by atoms with Crippen molar-refractivity contribution in [2.24, 2.45) is 5.41 Å². The first-order valence-corrected chi connectivity index (χ1v) is 10.2. The fourth-order valence-electron chi connectivity index (χ4n) is 3.63. The highest BCUT2D eigenvalue weighted by Crippen LogP contribution is 2.34. The van der Waals surface area contributed by atoms with Gasteiger partial charge in [0.05, 0.1) is 18.6 Å². The molecule has 1 heterocycles. The summed E-state index contributed by atoms with van der Waals surface area (Å²) in [6.45, 7) is 0.589. The van der Waals surface area contributed by atoms with Gasteiger partial charge in [0.25, 0.3) is 5.91 Å². The predicted octanol–water partition coefficient (Wildman–Crippen LogP) is 4.02. The van der Waals surface area contributed by atoms with Crippen molar-refractivity contribution >= 4 is 23.5 Å². The lowest BCUT2D eigenvalue weighted by molar-refractivity contribution is -0.135. The lowest BCUT2D eigenvalue weighted by Crippen LogP contribution is -2.45. The second kappa shape index (κ2) is 9.80. The quantitative estimate of drug-likeness (QED) is 0.629. The van der Waals surface area contributed by atoms with Gasteiger partial charge in [0, 0.05) is 18.1 Å². The van der Waals surface area contributed by atoms with Crippen LogP contribution in [0.3, 0.4) is 0 Å². The van der Waals surface area contributed by atoms with Crippen LogP contribution in [0.15, 0.2) is 42.5 Å². The van der Waals surface area contributed by atoms with E-state index in [0.29, 0.717) is 37.4 Å². The fourth-order valence-corrected chi connectivity index (χ4v) is 3.81. The number of rotatable bonds is 6. The number of carbonyl (C=O) groups is 2. The van der Waals surface area contributed by atoms with E-state index in [0.717, 1.165) is 5.56 Å². The molecule has 2 aromatic carbocycles. The van der Waals surface area contributed by atoms with E-state index in [9.17, 15) is 19.2 Å². The largest absolute Gasteiger partial charge is 0.483 e. The number of piperidine rings is 1. The van der Waals surface area contributed by atoms with Crippen LogP contribution in [0.2, 0.25) is 5.02 Å². The molecular weight excluding hydrogens is 423 g/mol. The van der Waals surface area contributed by atoms with Crippen molar-refractivity contribution in [2.75, 3.05) is 26.8 Å². The van der Waals surface area contributed by atoms with E-state index >= 15 is 0 Å². The third-order valence-electron chi connectivity index (χ3n) is 5.46. The molecular formula is C23H22ClFN2O4. The molecule has 3 rings (SSSR count). The number of likely N-dealkylation sites (tertiary alicyclic amines) is 1. The van der Waals surface area contributed by atoms with Gasteiger partial charge in [-0.15, -0.1) is 0 Å². The van der Waals surface area contributed by atoms with Crippen LogP contribution in [0.1, 0.15) is 28.8 Å². The zero-order valence-electron chi connectivity index (χ0n) is 17.1. The van der Waals surface area contributed by atoms with Crippen molar-refractivity contribution in [2.45, 2.75) is 19.3 Å². The molecule has 1 fully saturated rings. The third kappa shape index (κ3) is 5.53. The monoisotopic (exact) mass is 444 g/mol. The van der Waals surface area contributed by atoms with E-state index in [1.807, 2.05) is 0 Å². The maximum absolute atomic E-state index is 13.1. The molecule has 0 spiro atoms. The zero-order valence-corrected chi connectivity index (χ0v) is 17.8. The number of ether oxygens (including phenoxy) is 2. The number of hydrogen-bond acceptors (Lipinski definition) is 5. The average molecular weight is 445 g/mol. The fraction of sp³-hybridized carbons (Fsp3) is 0.348. The van der Waals surface area contributed by atoms with E-state index in [1.54, 1.807) is 23.1 Å². The number of methoxy groups -OCH3 is 1. The minimum atomic E-state index is -0.609. The molecule has 2 aromatic rings. The van der Waals surface area contributed by atoms with E-state index in [4.69, 9.17) is 21.1 Å². The van der Waals surface area contributed by atoms with Crippen molar-refractivity contribution in [3.63, 3.8) is 0 Å². The van der Waals surface area contributed by atoms with Crippen LogP contribution in [0.25, 0.3) is 0 Å². The predicted molar refractivity (Wildman–Crippen MR) is 112 cm³/mol. The van der Waals surface area contributed by atoms with Crippen LogP contribution in [-0.4, -0.2) is 43.6 Å². The van der Waals surface area contributed by atoms with Gasteiger partial charge in [0.15, 0.2) is 6.61 Å². The smallest absolute Gasteiger partial charge is 0.341 e. The molecule has 8 heteroatoms. The van der Waals surface area contributed by atoms with Crippen molar-refractivity contribution in [3.05, 3.63) is 64.4 Å². The normalized spacial score (nSPS) is 15.1. The highest BCUT2D eigenvalue weighted by Gasteiger charge is 2.36. The van der Waals surface area contributed by atoms with Gasteiger partial charge in [0.2, 0.25) is 0 Å². The Morgan fingerprint density at radius 1 is 1.19 bits per heavy atom. The number of benzene rings is 2. The maximum Gasteiger partial charge on any atom is 0.341 e. The molecule has 0 bridgehead atoms. The molecule has 1 aliphatic rings. The molecule has 0 aromatic heterocycles. The van der Waals surface area contributed by atoms with Gasteiger partial charge in [-0.3, -0.25) is 4.79 Å². The van der Waals surface area contributed by atoms with Crippen LogP contribution in [-0.2, 0) is 16.0 Å². The second-order valence-corrected chi connectivity index (χ2v) is 7.93. The van der Waals surface area contributed by atoms with Gasteiger partial charge in [0.1, 0.15) is 17.1 Å². The molecule has 6 nitrogen and oxygen atoms in total. The Morgan fingerprint density at radius 3 is 2.48 bits per heavy atom. The summed E-state index contributed by atoms with van der Waals surface area (Å²) in [4.78, 5) is 26.2. The highest BCUT2D eigenvalue weighted by atomic mass is 35.5. The number of hydrogen-bond donors (Lipinski definition) is 0. The molecule has 0 saturated carbocycles. The number of nitrogens with zero attached hydrogens (tertiary/aromatic N) is 2. The molecule has 0 aliphatic carbocycles. The van der Waals surface area contributed by atoms with E-state index in [1.165, 1.54) is 31.4 Å². The number of carbonyl (C=O) groups excluding carboxylic acids is 2. The second-order valence-electron chi connectivity index (χ2n) is 7.50. The molecule has 0 atom stereocenters. The van der Waals surface area contributed by atoms with E-state index in [2.05, 4.69) is 6.07 Å². The first-order valence-electron chi connectivity index (χ1n) is 9.80. The Bertz CT molecular complexity index is 996. The molecule has 1 amide bonds. The Morgan fingerprint density at radius 2 is 1.87 bits per heavy atom. The van der Waals surface area contributed by atoms with Crippen molar-refractivity contribution < 1.29 is 23.5 Å². The molecule has 162 valence electrons. The molecule has 31 heavy (non-hydrogen) atoms. The van der Waals surface area contributed by atoms with Gasteiger partial charge in [-0.25, -0.2) is 9.18 Å². The Labute approximate surface area is 185 Å². The van der Waals surface area contributed by atoms with Crippen LogP contribution >= 0.6 is 11.6 Å². The zero-order chi connectivity index (χ0) is 22.4. The Balaban J connectivity index is 1.58. The lowest BCUT2D eigenvalue weighted by Gasteiger charge is -2.37. The van der Waals surface area contributed by atoms with Crippen molar-refractivity contribution in [3.8, 4) is 11.8 Å². The number of amides is 1. The first kappa shape index (κ1) is 22.6. The minimum absolute atomic E-state index is 0.143. The van der Waals surface area contributed by atoms with E-state index in [-0.39, 0.29) is 29.6 Å². The van der Waals surface area contributed by atoms with Crippen LogP contribution in [0.4, 0.5) is 4.39 Å². The molecule has 0 radical (unpaired) electrons. The lowest BCUT2D eigenvalue weighted by atomic mass is 9.75. The third-order valence-corrected chi connectivity index (χ3v) is 5.70. The van der Waals surface area contributed by atoms with Gasteiger partial charge < -0.3 is 14.4 Å². The maximum atomic E-state index is 13.1. The molecule has 0 N–H and O–H groups in total. The SMILES string of the molecule is COC(=O)c1cc(Cl)ccc1OCC(=O)N1CCC(C#N)(Cc2ccc(F)cc2)CC1. The van der Waals surface area contributed by atoms with Crippen molar-refractivity contribution in [1.29, 1.82) is 5.26 Å². The minimum Gasteiger partial charge on any atom is -0.483 e. The topological polar surface area (TPSA) is 79.6 Å². The first-order chi connectivity index (χ1) is 14.9. The van der Waals surface area contributed by atoms with Gasteiger partial charge >= 0.3 is 5.97 Å². The summed E-state index contributed by atoms with van der Waals surface area (Å²) >= 11 is 5.93. The summed E-state index contributed by atoms with van der Waals surface area (Å²) in [7, 11) is 1.25. The Kier molecular flexibility index (Phi) is 7.13. The van der Waals surface area contributed by atoms with E-state index < -0.39 is 11.4 Å². The van der Waals surface area contributed by atoms with Gasteiger partial charge in [-0.05, 0) is 55.2 Å². The van der Waals surface area contributed by atoms with Crippen molar-refractivity contribution in [1.82, 2.24) is 4.90 Å². The van der Waals surface area contributed by atoms with Crippen LogP contribution in [0, 0.1) is 22.6 Å². The number of esters is 1.